The first kappa shape index (κ1) is 31.3. The summed E-state index contributed by atoms with van der Waals surface area (Å²) in [5.74, 6) is 1.97. The van der Waals surface area contributed by atoms with Crippen LogP contribution in [0.25, 0.3) is 72.1 Å². The molecule has 7 rings (SSSR count). The van der Waals surface area contributed by atoms with Crippen molar-refractivity contribution in [3.63, 3.8) is 0 Å². The van der Waals surface area contributed by atoms with Gasteiger partial charge in [0.2, 0.25) is 0 Å². The first-order valence-corrected chi connectivity index (χ1v) is 16.4. The van der Waals surface area contributed by atoms with Gasteiger partial charge in [-0.3, -0.25) is 0 Å². The van der Waals surface area contributed by atoms with E-state index in [1.165, 1.54) is 43.8 Å². The topological polar surface area (TPSA) is 38.7 Å². The van der Waals surface area contributed by atoms with Crippen molar-refractivity contribution < 1.29 is 0 Å². The largest absolute Gasteiger partial charge is 0.208 e. The van der Waals surface area contributed by atoms with E-state index < -0.39 is 0 Å². The third-order valence-electron chi connectivity index (χ3n) is 8.25. The second-order valence-corrected chi connectivity index (χ2v) is 11.2. The van der Waals surface area contributed by atoms with Gasteiger partial charge in [0, 0.05) is 16.7 Å². The Hall–Kier alpha value is -5.67. The predicted octanol–water partition coefficient (Wildman–Crippen LogP) is 12.2. The van der Waals surface area contributed by atoms with Gasteiger partial charge in [-0.1, -0.05) is 165 Å². The molecule has 230 valence electrons. The molecule has 0 aliphatic heterocycles. The lowest BCUT2D eigenvalue weighted by molar-refractivity contribution is 1.04. The molecule has 0 fully saturated rings. The number of allylic oxidation sites excluding steroid dienone is 4. The van der Waals surface area contributed by atoms with E-state index in [0.717, 1.165) is 22.3 Å². The first-order valence-electron chi connectivity index (χ1n) is 16.4. The Morgan fingerprint density at radius 1 is 0.489 bits per heavy atom. The van der Waals surface area contributed by atoms with Crippen LogP contribution in [0.5, 0.6) is 0 Å². The lowest BCUT2D eigenvalue weighted by Gasteiger charge is -2.18. The van der Waals surface area contributed by atoms with E-state index in [2.05, 4.69) is 104 Å². The summed E-state index contributed by atoms with van der Waals surface area (Å²) in [6.07, 6.45) is 6.08. The smallest absolute Gasteiger partial charge is 0.164 e. The summed E-state index contributed by atoms with van der Waals surface area (Å²) in [5.41, 5.74) is 9.02. The normalized spacial score (nSPS) is 11.6. The number of aromatic nitrogens is 3. The summed E-state index contributed by atoms with van der Waals surface area (Å²) in [4.78, 5) is 14.7. The van der Waals surface area contributed by atoms with Gasteiger partial charge in [0.1, 0.15) is 0 Å². The number of nitrogens with zero attached hydrogens (tertiary/aromatic N) is 3. The van der Waals surface area contributed by atoms with E-state index in [9.17, 15) is 0 Å². The van der Waals surface area contributed by atoms with E-state index in [1.54, 1.807) is 0 Å². The first-order chi connectivity index (χ1) is 23.1. The van der Waals surface area contributed by atoms with Crippen LogP contribution in [0.4, 0.5) is 0 Å². The summed E-state index contributed by atoms with van der Waals surface area (Å²) in [7, 11) is 0. The Bertz CT molecular complexity index is 2170. The van der Waals surface area contributed by atoms with Crippen LogP contribution < -0.4 is 0 Å². The van der Waals surface area contributed by atoms with Crippen molar-refractivity contribution in [1.82, 2.24) is 15.0 Å². The van der Waals surface area contributed by atoms with Crippen LogP contribution in [0, 0.1) is 6.92 Å². The third-order valence-corrected chi connectivity index (χ3v) is 8.25. The molecule has 0 atom stereocenters. The average molecular weight is 610 g/mol. The molecule has 6 aromatic carbocycles. The molecule has 0 bridgehead atoms. The zero-order valence-electron chi connectivity index (χ0n) is 27.7. The van der Waals surface area contributed by atoms with Crippen LogP contribution in [0.2, 0.25) is 0 Å². The molecule has 0 amide bonds. The number of rotatable bonds is 6. The highest BCUT2D eigenvalue weighted by molar-refractivity contribution is 6.21. The van der Waals surface area contributed by atoms with E-state index in [4.69, 9.17) is 15.0 Å². The highest BCUT2D eigenvalue weighted by atomic mass is 15.0. The molecule has 0 spiro atoms. The van der Waals surface area contributed by atoms with E-state index in [1.807, 2.05) is 76.3 Å². The van der Waals surface area contributed by atoms with Crippen molar-refractivity contribution in [2.24, 2.45) is 0 Å². The molecule has 47 heavy (non-hydrogen) atoms. The second kappa shape index (κ2) is 14.2. The summed E-state index contributed by atoms with van der Waals surface area (Å²) < 4.78 is 0. The van der Waals surface area contributed by atoms with Gasteiger partial charge in [0.25, 0.3) is 0 Å². The Balaban J connectivity index is 0.00000190. The summed E-state index contributed by atoms with van der Waals surface area (Å²) in [6, 6.07) is 45.1. The van der Waals surface area contributed by atoms with Gasteiger partial charge in [0.05, 0.1) is 0 Å². The van der Waals surface area contributed by atoms with E-state index in [0.29, 0.717) is 17.5 Å². The van der Waals surface area contributed by atoms with Gasteiger partial charge in [-0.05, 0) is 64.6 Å². The minimum absolute atomic E-state index is 0.652. The lowest BCUT2D eigenvalue weighted by Crippen LogP contribution is -2.02. The SMILES string of the molecule is C/C=C\C(=C/C)c1nc(-c2ccccc2)nc(-c2ccc(-c3c4ccccc4c(-c4cccc(C)c4)c4ccccc34)cc2)n1.CC. The van der Waals surface area contributed by atoms with Crippen molar-refractivity contribution in [3.05, 3.63) is 157 Å². The van der Waals surface area contributed by atoms with Gasteiger partial charge < -0.3 is 0 Å². The Morgan fingerprint density at radius 3 is 1.47 bits per heavy atom. The van der Waals surface area contributed by atoms with E-state index in [-0.39, 0.29) is 0 Å². The third kappa shape index (κ3) is 6.25. The summed E-state index contributed by atoms with van der Waals surface area (Å²) in [5, 5.41) is 4.97. The fourth-order valence-electron chi connectivity index (χ4n) is 6.17. The van der Waals surface area contributed by atoms with Gasteiger partial charge in [-0.15, -0.1) is 0 Å². The van der Waals surface area contributed by atoms with Gasteiger partial charge in [-0.25, -0.2) is 15.0 Å². The van der Waals surface area contributed by atoms with Crippen LogP contribution in [-0.4, -0.2) is 15.0 Å². The molecule has 0 N–H and O–H groups in total. The molecule has 0 unspecified atom stereocenters. The zero-order chi connectivity index (χ0) is 32.8. The van der Waals surface area contributed by atoms with Crippen LogP contribution in [0.15, 0.2) is 146 Å². The number of hydrogen-bond acceptors (Lipinski definition) is 3. The minimum Gasteiger partial charge on any atom is -0.208 e. The fourth-order valence-corrected chi connectivity index (χ4v) is 6.17. The molecular weight excluding hydrogens is 571 g/mol. The van der Waals surface area contributed by atoms with Gasteiger partial charge in [-0.2, -0.15) is 0 Å². The van der Waals surface area contributed by atoms with Crippen LogP contribution in [0.3, 0.4) is 0 Å². The maximum atomic E-state index is 4.93. The molecule has 7 aromatic rings. The molecule has 1 heterocycles. The number of hydrogen-bond donors (Lipinski definition) is 0. The summed E-state index contributed by atoms with van der Waals surface area (Å²) >= 11 is 0. The maximum Gasteiger partial charge on any atom is 0.164 e. The Labute approximate surface area is 278 Å². The molecule has 3 nitrogen and oxygen atoms in total. The second-order valence-electron chi connectivity index (χ2n) is 11.2. The van der Waals surface area contributed by atoms with Crippen molar-refractivity contribution in [2.45, 2.75) is 34.6 Å². The zero-order valence-corrected chi connectivity index (χ0v) is 27.7. The molecule has 3 heteroatoms. The highest BCUT2D eigenvalue weighted by Crippen LogP contribution is 2.43. The average Bonchev–Trinajstić information content (AvgIpc) is 3.14. The lowest BCUT2D eigenvalue weighted by atomic mass is 9.85. The molecule has 0 saturated heterocycles. The molecule has 1 aromatic heterocycles. The molecule has 0 aliphatic rings. The van der Waals surface area contributed by atoms with Crippen LogP contribution >= 0.6 is 0 Å². The predicted molar refractivity (Wildman–Crippen MR) is 201 cm³/mol. The van der Waals surface area contributed by atoms with Crippen molar-refractivity contribution >= 4 is 27.1 Å². The van der Waals surface area contributed by atoms with E-state index >= 15 is 0 Å². The van der Waals surface area contributed by atoms with Crippen LogP contribution in [0.1, 0.15) is 39.1 Å². The number of aryl methyl sites for hydroxylation is 1. The molecule has 0 radical (unpaired) electrons. The number of benzene rings is 6. The van der Waals surface area contributed by atoms with Crippen molar-refractivity contribution in [1.29, 1.82) is 0 Å². The summed E-state index contributed by atoms with van der Waals surface area (Å²) in [6.45, 7) is 10.2. The highest BCUT2D eigenvalue weighted by Gasteiger charge is 2.17. The monoisotopic (exact) mass is 609 g/mol. The maximum absolute atomic E-state index is 4.93. The minimum atomic E-state index is 0.652. The Kier molecular flexibility index (Phi) is 9.45. The van der Waals surface area contributed by atoms with Crippen molar-refractivity contribution in [3.8, 4) is 45.0 Å². The van der Waals surface area contributed by atoms with Gasteiger partial charge in [0.15, 0.2) is 17.5 Å². The van der Waals surface area contributed by atoms with Crippen molar-refractivity contribution in [2.75, 3.05) is 0 Å². The Morgan fingerprint density at radius 2 is 0.957 bits per heavy atom. The van der Waals surface area contributed by atoms with Crippen LogP contribution in [-0.2, 0) is 0 Å². The van der Waals surface area contributed by atoms with Gasteiger partial charge >= 0.3 is 0 Å². The molecule has 0 saturated carbocycles. The molecule has 0 aliphatic carbocycles. The standard InChI is InChI=1S/C42H33N3.C2H6/c1-4-14-29(5-2)40-43-41(31-16-7-6-8-17-31)45-42(44-40)32-25-23-30(24-26-32)38-34-19-9-11-21-36(34)39(33-18-13-15-28(3)27-33)37-22-12-10-20-35(37)38;1-2/h4-27H,1-3H3;1-2H3/b14-4-,29-5+;. The molecular formula is C44H39N3. The quantitative estimate of drug-likeness (QED) is 0.139. The fraction of sp³-hybridized carbons (Fsp3) is 0.114. The number of fused-ring (bicyclic) bond motifs is 2.